The fourth-order valence-electron chi connectivity index (χ4n) is 7.55. The number of aliphatic hydroxyl groups excluding tert-OH is 1. The van der Waals surface area contributed by atoms with E-state index in [0.29, 0.717) is 19.3 Å². The molecule has 0 unspecified atom stereocenters. The lowest BCUT2D eigenvalue weighted by Gasteiger charge is -2.60. The molecule has 0 aromatic carbocycles. The predicted molar refractivity (Wildman–Crippen MR) is 117 cm³/mol. The highest BCUT2D eigenvalue weighted by molar-refractivity contribution is 6.69. The van der Waals surface area contributed by atoms with Crippen LogP contribution < -0.4 is 0 Å². The van der Waals surface area contributed by atoms with Gasteiger partial charge in [0.1, 0.15) is 5.60 Å². The first-order valence-electron chi connectivity index (χ1n) is 11.6. The molecule has 0 saturated heterocycles. The molecule has 0 aromatic heterocycles. The molecule has 0 amide bonds. The van der Waals surface area contributed by atoms with Gasteiger partial charge in [0.25, 0.3) is 0 Å². The highest BCUT2D eigenvalue weighted by Gasteiger charge is 2.68. The summed E-state index contributed by atoms with van der Waals surface area (Å²) in [5.41, 5.74) is -1.00. The van der Waals surface area contributed by atoms with Crippen LogP contribution in [0.25, 0.3) is 0 Å². The molecular formula is C24H38O5Si. The van der Waals surface area contributed by atoms with Gasteiger partial charge in [0.15, 0.2) is 19.9 Å². The number of carbonyl (C=O) groups is 2. The minimum atomic E-state index is -1.86. The Balaban J connectivity index is 1.63. The quantitative estimate of drug-likeness (QED) is 0.660. The first kappa shape index (κ1) is 22.4. The summed E-state index contributed by atoms with van der Waals surface area (Å²) in [6.45, 7) is 10.3. The van der Waals surface area contributed by atoms with Crippen LogP contribution in [0.2, 0.25) is 19.6 Å². The third kappa shape index (κ3) is 3.21. The normalized spacial score (nSPS) is 46.0. The van der Waals surface area contributed by atoms with Gasteiger partial charge in [-0.2, -0.15) is 0 Å². The molecule has 2 N–H and O–H groups in total. The van der Waals surface area contributed by atoms with Crippen LogP contribution in [0.5, 0.6) is 0 Å². The average molecular weight is 435 g/mol. The Morgan fingerprint density at radius 1 is 1.20 bits per heavy atom. The number of hydrogen-bond donors (Lipinski definition) is 2. The second-order valence-electron chi connectivity index (χ2n) is 11.8. The van der Waals surface area contributed by atoms with E-state index >= 15 is 0 Å². The number of ketones is 2. The molecule has 7 atom stereocenters. The number of aliphatic hydroxyl groups is 2. The van der Waals surface area contributed by atoms with Gasteiger partial charge >= 0.3 is 0 Å². The van der Waals surface area contributed by atoms with Gasteiger partial charge in [-0.1, -0.05) is 19.4 Å². The van der Waals surface area contributed by atoms with Crippen molar-refractivity contribution in [3.05, 3.63) is 11.6 Å². The van der Waals surface area contributed by atoms with E-state index in [1.165, 1.54) is 5.57 Å². The molecule has 4 rings (SSSR count). The minimum absolute atomic E-state index is 0.0363. The van der Waals surface area contributed by atoms with Gasteiger partial charge in [-0.05, 0) is 87.4 Å². The molecule has 3 saturated carbocycles. The van der Waals surface area contributed by atoms with Gasteiger partial charge in [0, 0.05) is 11.8 Å². The zero-order valence-electron chi connectivity index (χ0n) is 19.2. The van der Waals surface area contributed by atoms with Crippen molar-refractivity contribution in [3.8, 4) is 0 Å². The smallest absolute Gasteiger partial charge is 0.189 e. The lowest BCUT2D eigenvalue weighted by Crippen LogP contribution is -2.62. The van der Waals surface area contributed by atoms with Gasteiger partial charge in [0.05, 0.1) is 12.7 Å². The fraction of sp³-hybridized carbons (Fsp3) is 0.833. The van der Waals surface area contributed by atoms with E-state index < -0.39 is 25.4 Å². The first-order chi connectivity index (χ1) is 13.8. The molecule has 3 fully saturated rings. The topological polar surface area (TPSA) is 83.8 Å². The first-order valence-corrected chi connectivity index (χ1v) is 15.0. The Kier molecular flexibility index (Phi) is 5.29. The van der Waals surface area contributed by atoms with Crippen molar-refractivity contribution in [1.82, 2.24) is 0 Å². The summed E-state index contributed by atoms with van der Waals surface area (Å²) < 4.78 is 5.85. The average Bonchev–Trinajstić information content (AvgIpc) is 2.91. The Bertz CT molecular complexity index is 785. The third-order valence-corrected chi connectivity index (χ3v) is 10.2. The summed E-state index contributed by atoms with van der Waals surface area (Å²) in [5.74, 6) is 0.571. The monoisotopic (exact) mass is 434 g/mol. The van der Waals surface area contributed by atoms with Crippen molar-refractivity contribution >= 4 is 19.9 Å². The summed E-state index contributed by atoms with van der Waals surface area (Å²) in [5, 5.41) is 23.1. The van der Waals surface area contributed by atoms with Crippen LogP contribution in [0.1, 0.15) is 58.8 Å². The van der Waals surface area contributed by atoms with Crippen molar-refractivity contribution in [1.29, 1.82) is 0 Å². The molecule has 4 aliphatic rings. The van der Waals surface area contributed by atoms with E-state index in [0.717, 1.165) is 25.7 Å². The molecule has 0 aromatic rings. The number of rotatable bonds is 4. The largest absolute Gasteiger partial charge is 0.410 e. The van der Waals surface area contributed by atoms with Gasteiger partial charge in [-0.15, -0.1) is 0 Å². The summed E-state index contributed by atoms with van der Waals surface area (Å²) in [6.07, 6.45) is 6.12. The van der Waals surface area contributed by atoms with Crippen LogP contribution in [0.3, 0.4) is 0 Å². The number of fused-ring (bicyclic) bond motifs is 5. The molecule has 5 nitrogen and oxygen atoms in total. The van der Waals surface area contributed by atoms with Crippen molar-refractivity contribution in [3.63, 3.8) is 0 Å². The number of Topliss-reactive ketones (excluding diaryl/α,β-unsaturated/α-hetero) is 1. The zero-order chi connectivity index (χ0) is 22.1. The van der Waals surface area contributed by atoms with E-state index in [-0.39, 0.29) is 41.3 Å². The Morgan fingerprint density at radius 3 is 2.57 bits per heavy atom. The maximum atomic E-state index is 13.2. The summed E-state index contributed by atoms with van der Waals surface area (Å²) in [4.78, 5) is 25.2. The maximum absolute atomic E-state index is 13.2. The summed E-state index contributed by atoms with van der Waals surface area (Å²) in [7, 11) is -1.86. The van der Waals surface area contributed by atoms with Crippen LogP contribution in [-0.4, -0.2) is 48.4 Å². The molecule has 168 valence electrons. The predicted octanol–water partition coefficient (Wildman–Crippen LogP) is 3.64. The van der Waals surface area contributed by atoms with Crippen molar-refractivity contribution in [2.75, 3.05) is 6.61 Å². The lowest BCUT2D eigenvalue weighted by atomic mass is 9.45. The molecule has 30 heavy (non-hydrogen) atoms. The second-order valence-corrected chi connectivity index (χ2v) is 16.3. The van der Waals surface area contributed by atoms with Crippen LogP contribution in [0.15, 0.2) is 11.6 Å². The Labute approximate surface area is 181 Å². The SMILES string of the molecule is C[C@]12CCC(=O)C=C1CC[C@@H]1[C@@H]2[C@@H](O)C[C@@]2(C)[C@H]1CC[C@]2(O)C(=O)CO[Si](C)(C)C. The molecule has 4 aliphatic carbocycles. The van der Waals surface area contributed by atoms with Gasteiger partial charge in [-0.3, -0.25) is 9.59 Å². The lowest BCUT2D eigenvalue weighted by molar-refractivity contribution is -0.181. The van der Waals surface area contributed by atoms with E-state index in [2.05, 4.69) is 6.92 Å². The number of hydrogen-bond acceptors (Lipinski definition) is 5. The molecule has 6 heteroatoms. The minimum Gasteiger partial charge on any atom is -0.410 e. The van der Waals surface area contributed by atoms with Crippen LogP contribution in [0.4, 0.5) is 0 Å². The Hall–Kier alpha value is -0.823. The van der Waals surface area contributed by atoms with E-state index in [1.54, 1.807) is 0 Å². The fourth-order valence-corrected chi connectivity index (χ4v) is 8.12. The molecule has 0 radical (unpaired) electrons. The third-order valence-electron chi connectivity index (χ3n) is 9.15. The molecular weight excluding hydrogens is 396 g/mol. The van der Waals surface area contributed by atoms with E-state index in [4.69, 9.17) is 4.43 Å². The highest BCUT2D eigenvalue weighted by Crippen LogP contribution is 2.67. The second kappa shape index (κ2) is 7.09. The van der Waals surface area contributed by atoms with Crippen LogP contribution >= 0.6 is 0 Å². The zero-order valence-corrected chi connectivity index (χ0v) is 20.2. The van der Waals surface area contributed by atoms with E-state index in [9.17, 15) is 19.8 Å². The molecule has 0 heterocycles. The maximum Gasteiger partial charge on any atom is 0.189 e. The Morgan fingerprint density at radius 2 is 1.90 bits per heavy atom. The van der Waals surface area contributed by atoms with Crippen molar-refractivity contribution in [2.24, 2.45) is 28.6 Å². The molecule has 0 spiro atoms. The van der Waals surface area contributed by atoms with Crippen molar-refractivity contribution in [2.45, 2.75) is 90.1 Å². The standard InChI is InChI=1S/C24H38O5Si/c1-22-10-8-16(25)12-15(22)6-7-17-18-9-11-24(28,20(27)14-29-30(3,4)5)23(18,2)13-19(26)21(17)22/h12,17-19,21,26,28H,6-11,13-14H2,1-5H3/t17-,18-,19-,21+,22-,23-,24-/m0/s1. The van der Waals surface area contributed by atoms with Gasteiger partial charge < -0.3 is 14.6 Å². The van der Waals surface area contributed by atoms with Gasteiger partial charge in [0.2, 0.25) is 0 Å². The van der Waals surface area contributed by atoms with Crippen LogP contribution in [0, 0.1) is 28.6 Å². The summed E-state index contributed by atoms with van der Waals surface area (Å²) in [6, 6.07) is 0. The molecule has 0 aliphatic heterocycles. The highest BCUT2D eigenvalue weighted by atomic mass is 28.4. The number of carbonyl (C=O) groups excluding carboxylic acids is 2. The van der Waals surface area contributed by atoms with Crippen molar-refractivity contribution < 1.29 is 24.2 Å². The van der Waals surface area contributed by atoms with Crippen LogP contribution in [-0.2, 0) is 14.0 Å². The number of allylic oxidation sites excluding steroid dienone is 1. The van der Waals surface area contributed by atoms with Gasteiger partial charge in [-0.25, -0.2) is 0 Å². The molecule has 0 bridgehead atoms. The summed E-state index contributed by atoms with van der Waals surface area (Å²) >= 11 is 0. The van der Waals surface area contributed by atoms with E-state index in [1.807, 2.05) is 32.6 Å².